The lowest BCUT2D eigenvalue weighted by atomic mass is 9.81. The first-order valence-corrected chi connectivity index (χ1v) is 23.0. The third kappa shape index (κ3) is 11.6. The van der Waals surface area contributed by atoms with Gasteiger partial charge in [0.1, 0.15) is 23.9 Å². The van der Waals surface area contributed by atoms with Gasteiger partial charge in [-0.2, -0.15) is 0 Å². The molecule has 0 radical (unpaired) electrons. The molecule has 2 N–H and O–H groups in total. The molecule has 0 spiro atoms. The molecule has 2 heterocycles. The number of amides is 2. The predicted molar refractivity (Wildman–Crippen MR) is 245 cm³/mol. The maximum Gasteiger partial charge on any atom is 0.313 e. The van der Waals surface area contributed by atoms with E-state index in [1.54, 1.807) is 24.3 Å². The topological polar surface area (TPSA) is 117 Å². The zero-order valence-electron chi connectivity index (χ0n) is 37.1. The van der Waals surface area contributed by atoms with Crippen LogP contribution >= 0.6 is 0 Å². The molecule has 0 unspecified atom stereocenters. The van der Waals surface area contributed by atoms with Crippen LogP contribution < -0.4 is 10.6 Å². The minimum Gasteiger partial charge on any atom is -0.465 e. The summed E-state index contributed by atoms with van der Waals surface area (Å²) in [5, 5.41) is 9.88. The summed E-state index contributed by atoms with van der Waals surface area (Å²) in [6, 6.07) is 29.8. The summed E-state index contributed by atoms with van der Waals surface area (Å²) in [6.07, 6.45) is 12.2. The van der Waals surface area contributed by atoms with Crippen molar-refractivity contribution in [1.82, 2.24) is 10.0 Å². The number of esters is 2. The van der Waals surface area contributed by atoms with Gasteiger partial charge < -0.3 is 20.1 Å². The number of hydrogen-bond acceptors (Lipinski definition) is 8. The van der Waals surface area contributed by atoms with Crippen LogP contribution in [0, 0.1) is 25.7 Å². The Hall–Kier alpha value is -5.32. The van der Waals surface area contributed by atoms with Gasteiger partial charge in [0.05, 0.1) is 25.3 Å². The summed E-state index contributed by atoms with van der Waals surface area (Å²) in [7, 11) is 0. The van der Waals surface area contributed by atoms with Crippen molar-refractivity contribution in [2.24, 2.45) is 11.8 Å². The van der Waals surface area contributed by atoms with E-state index < -0.39 is 59.8 Å². The summed E-state index contributed by atoms with van der Waals surface area (Å²) < 4.78 is 12.3. The van der Waals surface area contributed by atoms with Gasteiger partial charge in [-0.3, -0.25) is 19.2 Å². The van der Waals surface area contributed by atoms with Gasteiger partial charge in [-0.05, 0) is 62.1 Å². The Labute approximate surface area is 368 Å². The van der Waals surface area contributed by atoms with E-state index >= 15 is 9.59 Å². The summed E-state index contributed by atoms with van der Waals surface area (Å²) in [4.78, 5) is 60.2. The zero-order valence-corrected chi connectivity index (χ0v) is 37.1. The Morgan fingerprint density at radius 2 is 0.806 bits per heavy atom. The first kappa shape index (κ1) is 46.2. The van der Waals surface area contributed by atoms with Crippen LogP contribution in [0.3, 0.4) is 0 Å². The standard InChI is InChI=1S/C52H66N4O6/c1-5-7-9-11-13-21-35-61-51(59)43-45(39-31-27-37(3)28-32-39)55-48(50(58)54-42-25-19-16-20-26-42)44(52(60)62-36-22-14-12-10-8-6-2)46(40-33-29-38(4)30-34-40)56(55)47(43)49(57)53-41-23-17-15-18-24-41/h15-20,23-34,43-48H,5-14,21-22,35-36H2,1-4H3,(H,53,57)(H,54,58)/t43-,44-,45-,46+,47+,48-/m0/s1. The first-order valence-electron chi connectivity index (χ1n) is 23.0. The van der Waals surface area contributed by atoms with Crippen molar-refractivity contribution in [1.29, 1.82) is 0 Å². The number of unbranched alkanes of at least 4 members (excludes halogenated alkanes) is 10. The van der Waals surface area contributed by atoms with E-state index in [1.165, 1.54) is 12.8 Å². The molecule has 10 heteroatoms. The second-order valence-electron chi connectivity index (χ2n) is 17.0. The zero-order chi connectivity index (χ0) is 43.8. The maximum atomic E-state index is 15.2. The molecule has 0 bridgehead atoms. The molecule has 62 heavy (non-hydrogen) atoms. The highest BCUT2D eigenvalue weighted by molar-refractivity contribution is 6.01. The predicted octanol–water partition coefficient (Wildman–Crippen LogP) is 10.7. The molecule has 4 aromatic rings. The number of anilines is 2. The van der Waals surface area contributed by atoms with E-state index in [9.17, 15) is 9.59 Å². The molecular weight excluding hydrogens is 777 g/mol. The molecule has 0 aromatic heterocycles. The lowest BCUT2D eigenvalue weighted by Gasteiger charge is -2.33. The summed E-state index contributed by atoms with van der Waals surface area (Å²) >= 11 is 0. The average molecular weight is 843 g/mol. The number of fused-ring (bicyclic) bond motifs is 1. The molecule has 4 aromatic carbocycles. The van der Waals surface area contributed by atoms with E-state index in [2.05, 4.69) is 24.5 Å². The lowest BCUT2D eigenvalue weighted by molar-refractivity contribution is -0.154. The highest BCUT2D eigenvalue weighted by atomic mass is 16.5. The number of rotatable bonds is 22. The fraction of sp³-hybridized carbons (Fsp3) is 0.462. The monoisotopic (exact) mass is 842 g/mol. The van der Waals surface area contributed by atoms with E-state index in [4.69, 9.17) is 9.47 Å². The first-order chi connectivity index (χ1) is 30.2. The number of aryl methyl sites for hydroxylation is 2. The van der Waals surface area contributed by atoms with Gasteiger partial charge in [0.2, 0.25) is 11.8 Å². The van der Waals surface area contributed by atoms with Crippen molar-refractivity contribution in [3.8, 4) is 0 Å². The molecule has 6 rings (SSSR count). The lowest BCUT2D eigenvalue weighted by Crippen LogP contribution is -2.49. The van der Waals surface area contributed by atoms with Crippen molar-refractivity contribution < 1.29 is 28.7 Å². The summed E-state index contributed by atoms with van der Waals surface area (Å²) in [6.45, 7) is 8.76. The second-order valence-corrected chi connectivity index (χ2v) is 17.0. The number of carbonyl (C=O) groups excluding carboxylic acids is 4. The molecule has 2 fully saturated rings. The number of carbonyl (C=O) groups is 4. The number of nitrogens with one attached hydrogen (secondary N) is 2. The fourth-order valence-corrected chi connectivity index (χ4v) is 9.03. The largest absolute Gasteiger partial charge is 0.465 e. The number of ether oxygens (including phenoxy) is 2. The molecule has 2 amide bonds. The van der Waals surface area contributed by atoms with Gasteiger partial charge in [0.15, 0.2) is 0 Å². The van der Waals surface area contributed by atoms with Crippen LogP contribution in [0.1, 0.15) is 125 Å². The van der Waals surface area contributed by atoms with Crippen molar-refractivity contribution in [3.63, 3.8) is 0 Å². The molecule has 6 atom stereocenters. The minimum atomic E-state index is -1.19. The van der Waals surface area contributed by atoms with Crippen molar-refractivity contribution in [3.05, 3.63) is 131 Å². The SMILES string of the molecule is CCCCCCCCOC(=O)[C@@H]1[C@@H](C(=O)Nc2ccccc2)N2[C@@H](c3ccc(C)cc3)[C@H](C(=O)OCCCCCCCC)[C@H](C(=O)Nc3ccccc3)N2[C@@H]1c1ccc(C)cc1. The van der Waals surface area contributed by atoms with Gasteiger partial charge in [0.25, 0.3) is 0 Å². The quantitative estimate of drug-likeness (QED) is 0.0593. The van der Waals surface area contributed by atoms with Crippen LogP contribution in [0.5, 0.6) is 0 Å². The fourth-order valence-electron chi connectivity index (χ4n) is 9.03. The second kappa shape index (κ2) is 23.2. The van der Waals surface area contributed by atoms with E-state index in [1.807, 2.05) is 109 Å². The van der Waals surface area contributed by atoms with E-state index in [-0.39, 0.29) is 13.2 Å². The van der Waals surface area contributed by atoms with Crippen LogP contribution in [0.2, 0.25) is 0 Å². The highest BCUT2D eigenvalue weighted by Gasteiger charge is 2.68. The van der Waals surface area contributed by atoms with Gasteiger partial charge in [0, 0.05) is 11.4 Å². The normalized spacial score (nSPS) is 21.0. The third-order valence-corrected chi connectivity index (χ3v) is 12.3. The van der Waals surface area contributed by atoms with E-state index in [0.717, 1.165) is 73.6 Å². The Morgan fingerprint density at radius 3 is 1.16 bits per heavy atom. The highest BCUT2D eigenvalue weighted by Crippen LogP contribution is 2.56. The van der Waals surface area contributed by atoms with Crippen LogP contribution in [-0.2, 0) is 28.7 Å². The molecule has 0 aliphatic carbocycles. The third-order valence-electron chi connectivity index (χ3n) is 12.3. The van der Waals surface area contributed by atoms with Crippen LogP contribution in [0.4, 0.5) is 11.4 Å². The maximum absolute atomic E-state index is 15.2. The molecule has 2 aliphatic heterocycles. The van der Waals surface area contributed by atoms with Crippen LogP contribution in [0.25, 0.3) is 0 Å². The van der Waals surface area contributed by atoms with E-state index in [0.29, 0.717) is 24.2 Å². The molecular formula is C52H66N4O6. The number of nitrogens with zero attached hydrogens (tertiary/aromatic N) is 2. The average Bonchev–Trinajstić information content (AvgIpc) is 3.80. The number of benzene rings is 4. The molecule has 330 valence electrons. The smallest absolute Gasteiger partial charge is 0.313 e. The number of para-hydroxylation sites is 2. The Balaban J connectivity index is 1.49. The Kier molecular flexibility index (Phi) is 17.3. The van der Waals surface area contributed by atoms with Crippen LogP contribution in [0.15, 0.2) is 109 Å². The molecule has 2 aliphatic rings. The van der Waals surface area contributed by atoms with Gasteiger partial charge in [-0.25, -0.2) is 10.0 Å². The van der Waals surface area contributed by atoms with Crippen molar-refractivity contribution in [2.45, 2.75) is 129 Å². The van der Waals surface area contributed by atoms with Gasteiger partial charge in [-0.15, -0.1) is 0 Å². The number of hydrogen-bond donors (Lipinski definition) is 2. The van der Waals surface area contributed by atoms with Gasteiger partial charge in [-0.1, -0.05) is 174 Å². The molecule has 2 saturated heterocycles. The molecule has 0 saturated carbocycles. The summed E-state index contributed by atoms with van der Waals surface area (Å²) in [5.74, 6) is -4.11. The van der Waals surface area contributed by atoms with Crippen molar-refractivity contribution in [2.75, 3.05) is 23.8 Å². The molecule has 10 nitrogen and oxygen atoms in total. The Bertz CT molecular complexity index is 1880. The Morgan fingerprint density at radius 1 is 0.468 bits per heavy atom. The van der Waals surface area contributed by atoms with Crippen molar-refractivity contribution >= 4 is 35.1 Å². The summed E-state index contributed by atoms with van der Waals surface area (Å²) in [5.41, 5.74) is 4.58. The van der Waals surface area contributed by atoms with Gasteiger partial charge >= 0.3 is 11.9 Å². The number of hydrazine groups is 1. The van der Waals surface area contributed by atoms with Crippen LogP contribution in [-0.4, -0.2) is 59.1 Å². The minimum absolute atomic E-state index is 0.210.